The molecule has 2 aromatic rings. The van der Waals surface area contributed by atoms with Crippen molar-refractivity contribution in [3.05, 3.63) is 59.0 Å². The van der Waals surface area contributed by atoms with Crippen LogP contribution in [0.15, 0.2) is 36.4 Å². The van der Waals surface area contributed by atoms with Gasteiger partial charge in [-0.05, 0) is 43.7 Å². The molecule has 3 nitrogen and oxygen atoms in total. The molecule has 1 unspecified atom stereocenters. The molecule has 1 atom stereocenters. The van der Waals surface area contributed by atoms with Gasteiger partial charge in [0, 0.05) is 11.3 Å². The van der Waals surface area contributed by atoms with Crippen molar-refractivity contribution in [2.75, 3.05) is 5.32 Å². The third-order valence-electron chi connectivity index (χ3n) is 2.95. The SMILES string of the molecule is Cc1cc(C(N)=S)cc(NC(C)c2cccc(F)c2)n1. The Balaban J connectivity index is 2.23. The average molecular weight is 289 g/mol. The van der Waals surface area contributed by atoms with Gasteiger partial charge in [0.2, 0.25) is 0 Å². The lowest BCUT2D eigenvalue weighted by Gasteiger charge is -2.16. The number of halogens is 1. The molecule has 0 fully saturated rings. The van der Waals surface area contributed by atoms with Gasteiger partial charge in [0.25, 0.3) is 0 Å². The summed E-state index contributed by atoms with van der Waals surface area (Å²) in [6, 6.07) is 10.0. The minimum absolute atomic E-state index is 0.0702. The van der Waals surface area contributed by atoms with E-state index in [0.717, 1.165) is 16.8 Å². The fourth-order valence-corrected chi connectivity index (χ4v) is 2.08. The highest BCUT2D eigenvalue weighted by Crippen LogP contribution is 2.20. The maximum Gasteiger partial charge on any atom is 0.127 e. The van der Waals surface area contributed by atoms with E-state index in [4.69, 9.17) is 18.0 Å². The lowest BCUT2D eigenvalue weighted by molar-refractivity contribution is 0.623. The van der Waals surface area contributed by atoms with Crippen molar-refractivity contribution >= 4 is 23.0 Å². The van der Waals surface area contributed by atoms with E-state index in [1.165, 1.54) is 12.1 Å². The molecule has 1 aromatic heterocycles. The highest BCUT2D eigenvalue weighted by Gasteiger charge is 2.09. The smallest absolute Gasteiger partial charge is 0.127 e. The summed E-state index contributed by atoms with van der Waals surface area (Å²) in [4.78, 5) is 4.71. The molecule has 0 radical (unpaired) electrons. The lowest BCUT2D eigenvalue weighted by Crippen LogP contribution is -2.13. The monoisotopic (exact) mass is 289 g/mol. The van der Waals surface area contributed by atoms with Gasteiger partial charge in [0.05, 0.1) is 6.04 Å². The number of anilines is 1. The van der Waals surface area contributed by atoms with Crippen LogP contribution < -0.4 is 11.1 Å². The topological polar surface area (TPSA) is 50.9 Å². The molecule has 104 valence electrons. The molecular weight excluding hydrogens is 273 g/mol. The van der Waals surface area contributed by atoms with Gasteiger partial charge in [-0.2, -0.15) is 0 Å². The van der Waals surface area contributed by atoms with Crippen LogP contribution in [0.1, 0.15) is 29.8 Å². The fourth-order valence-electron chi connectivity index (χ4n) is 1.97. The summed E-state index contributed by atoms with van der Waals surface area (Å²) in [5.74, 6) is 0.418. The van der Waals surface area contributed by atoms with Crippen molar-refractivity contribution in [2.45, 2.75) is 19.9 Å². The number of nitrogens with one attached hydrogen (secondary N) is 1. The molecule has 1 aromatic carbocycles. The summed E-state index contributed by atoms with van der Waals surface area (Å²) in [7, 11) is 0. The highest BCUT2D eigenvalue weighted by molar-refractivity contribution is 7.80. The first-order valence-corrected chi connectivity index (χ1v) is 6.67. The quantitative estimate of drug-likeness (QED) is 0.848. The Labute approximate surface area is 123 Å². The molecule has 2 rings (SSSR count). The Bertz CT molecular complexity index is 643. The van der Waals surface area contributed by atoms with E-state index in [9.17, 15) is 4.39 Å². The van der Waals surface area contributed by atoms with Gasteiger partial charge in [-0.1, -0.05) is 24.4 Å². The molecule has 0 aliphatic rings. The largest absolute Gasteiger partial charge is 0.389 e. The zero-order valence-electron chi connectivity index (χ0n) is 11.4. The zero-order chi connectivity index (χ0) is 14.7. The zero-order valence-corrected chi connectivity index (χ0v) is 12.2. The Hall–Kier alpha value is -2.01. The highest BCUT2D eigenvalue weighted by atomic mass is 32.1. The van der Waals surface area contributed by atoms with Crippen molar-refractivity contribution < 1.29 is 4.39 Å². The van der Waals surface area contributed by atoms with Gasteiger partial charge < -0.3 is 11.1 Å². The van der Waals surface area contributed by atoms with Crippen molar-refractivity contribution in [3.63, 3.8) is 0 Å². The van der Waals surface area contributed by atoms with Crippen LogP contribution in [0.4, 0.5) is 10.2 Å². The molecule has 0 saturated heterocycles. The van der Waals surface area contributed by atoms with Crippen molar-refractivity contribution in [1.82, 2.24) is 4.98 Å². The molecule has 0 saturated carbocycles. The van der Waals surface area contributed by atoms with Crippen LogP contribution in [0.25, 0.3) is 0 Å². The molecular formula is C15H16FN3S. The number of benzene rings is 1. The number of thiocarbonyl (C=S) groups is 1. The summed E-state index contributed by atoms with van der Waals surface area (Å²) in [6.45, 7) is 3.82. The molecule has 0 bridgehead atoms. The van der Waals surface area contributed by atoms with Gasteiger partial charge in [-0.3, -0.25) is 0 Å². The number of rotatable bonds is 4. The summed E-state index contributed by atoms with van der Waals surface area (Å²) >= 11 is 4.98. The van der Waals surface area contributed by atoms with E-state index in [2.05, 4.69) is 10.3 Å². The predicted octanol–water partition coefficient (Wildman–Crippen LogP) is 3.34. The van der Waals surface area contributed by atoms with E-state index in [-0.39, 0.29) is 11.9 Å². The van der Waals surface area contributed by atoms with Crippen LogP contribution >= 0.6 is 12.2 Å². The summed E-state index contributed by atoms with van der Waals surface area (Å²) < 4.78 is 13.2. The van der Waals surface area contributed by atoms with Gasteiger partial charge in [0.1, 0.15) is 16.6 Å². The second kappa shape index (κ2) is 5.96. The van der Waals surface area contributed by atoms with Gasteiger partial charge in [0.15, 0.2) is 0 Å². The maximum atomic E-state index is 13.2. The van der Waals surface area contributed by atoms with E-state index >= 15 is 0 Å². The van der Waals surface area contributed by atoms with Crippen LogP contribution in [0.2, 0.25) is 0 Å². The number of pyridine rings is 1. The standard InChI is InChI=1S/C15H16FN3S/c1-9-6-12(15(17)20)8-14(18-9)19-10(2)11-4-3-5-13(16)7-11/h3-8,10H,1-2H3,(H2,17,20)(H,18,19). The molecule has 0 aliphatic heterocycles. The van der Waals surface area contributed by atoms with Gasteiger partial charge in [-0.15, -0.1) is 0 Å². The van der Waals surface area contributed by atoms with Crippen molar-refractivity contribution in [1.29, 1.82) is 0 Å². The molecule has 3 N–H and O–H groups in total. The number of aryl methyl sites for hydroxylation is 1. The third-order valence-corrected chi connectivity index (χ3v) is 3.19. The number of nitrogens with two attached hydrogens (primary N) is 1. The van der Waals surface area contributed by atoms with Crippen LogP contribution in [0.5, 0.6) is 0 Å². The molecule has 20 heavy (non-hydrogen) atoms. The normalized spacial score (nSPS) is 11.9. The van der Waals surface area contributed by atoms with Gasteiger partial charge >= 0.3 is 0 Å². The van der Waals surface area contributed by atoms with Gasteiger partial charge in [-0.25, -0.2) is 9.37 Å². The fraction of sp³-hybridized carbons (Fsp3) is 0.200. The molecule has 5 heteroatoms. The second-order valence-electron chi connectivity index (χ2n) is 4.67. The molecule has 0 spiro atoms. The van der Waals surface area contributed by atoms with E-state index < -0.39 is 0 Å². The number of hydrogen-bond acceptors (Lipinski definition) is 3. The summed E-state index contributed by atoms with van der Waals surface area (Å²) in [5.41, 5.74) is 8.08. The van der Waals surface area contributed by atoms with Crippen LogP contribution in [0, 0.1) is 12.7 Å². The van der Waals surface area contributed by atoms with E-state index in [1.54, 1.807) is 12.1 Å². The van der Waals surface area contributed by atoms with Crippen molar-refractivity contribution in [2.24, 2.45) is 5.73 Å². The Morgan fingerprint density at radius 3 is 2.75 bits per heavy atom. The van der Waals surface area contributed by atoms with E-state index in [1.807, 2.05) is 26.0 Å². The minimum atomic E-state index is -0.253. The molecule has 0 aliphatic carbocycles. The minimum Gasteiger partial charge on any atom is -0.389 e. The number of nitrogens with zero attached hydrogens (tertiary/aromatic N) is 1. The summed E-state index contributed by atoms with van der Waals surface area (Å²) in [6.07, 6.45) is 0. The number of aromatic nitrogens is 1. The third kappa shape index (κ3) is 3.51. The first-order valence-electron chi connectivity index (χ1n) is 6.26. The second-order valence-corrected chi connectivity index (χ2v) is 5.11. The van der Waals surface area contributed by atoms with Crippen molar-refractivity contribution in [3.8, 4) is 0 Å². The average Bonchev–Trinajstić information content (AvgIpc) is 2.37. The lowest BCUT2D eigenvalue weighted by atomic mass is 10.1. The Morgan fingerprint density at radius 1 is 1.35 bits per heavy atom. The van der Waals surface area contributed by atoms with Crippen LogP contribution in [0.3, 0.4) is 0 Å². The first-order chi connectivity index (χ1) is 9.45. The first kappa shape index (κ1) is 14.4. The maximum absolute atomic E-state index is 13.2. The van der Waals surface area contributed by atoms with Crippen LogP contribution in [-0.2, 0) is 0 Å². The van der Waals surface area contributed by atoms with Crippen LogP contribution in [-0.4, -0.2) is 9.97 Å². The molecule has 0 amide bonds. The summed E-state index contributed by atoms with van der Waals surface area (Å²) in [5, 5.41) is 3.23. The number of hydrogen-bond donors (Lipinski definition) is 2. The molecule has 1 heterocycles. The predicted molar refractivity (Wildman–Crippen MR) is 83.3 cm³/mol. The Morgan fingerprint density at radius 2 is 2.10 bits per heavy atom. The Kier molecular flexibility index (Phi) is 4.29. The van der Waals surface area contributed by atoms with E-state index in [0.29, 0.717) is 10.8 Å².